The highest BCUT2D eigenvalue weighted by molar-refractivity contribution is 5.94. The predicted molar refractivity (Wildman–Crippen MR) is 87.3 cm³/mol. The highest BCUT2D eigenvalue weighted by Crippen LogP contribution is 2.16. The Kier molecular flexibility index (Phi) is 5.35. The van der Waals surface area contributed by atoms with Gasteiger partial charge in [-0.25, -0.2) is 0 Å². The zero-order valence-corrected chi connectivity index (χ0v) is 12.3. The lowest BCUT2D eigenvalue weighted by atomic mass is 10.2. The Morgan fingerprint density at radius 1 is 1.10 bits per heavy atom. The van der Waals surface area contributed by atoms with Gasteiger partial charge < -0.3 is 16.0 Å². The van der Waals surface area contributed by atoms with E-state index in [0.717, 1.165) is 23.5 Å². The summed E-state index contributed by atoms with van der Waals surface area (Å²) in [5, 5.41) is 2.94. The van der Waals surface area contributed by atoms with E-state index in [4.69, 9.17) is 5.73 Å². The van der Waals surface area contributed by atoms with E-state index in [9.17, 15) is 4.79 Å². The molecular formula is C17H21N3O. The van der Waals surface area contributed by atoms with E-state index >= 15 is 0 Å². The number of anilines is 2. The van der Waals surface area contributed by atoms with Crippen molar-refractivity contribution in [2.45, 2.75) is 13.5 Å². The summed E-state index contributed by atoms with van der Waals surface area (Å²) in [5.74, 6) is -0.0402. The number of hydrogen-bond acceptors (Lipinski definition) is 3. The maximum Gasteiger partial charge on any atom is 0.243 e. The summed E-state index contributed by atoms with van der Waals surface area (Å²) in [6.45, 7) is 3.54. The SMILES string of the molecule is CCN(CC(=O)Nc1ccccc1CN)c1ccccc1. The fourth-order valence-electron chi connectivity index (χ4n) is 2.21. The third-order valence-electron chi connectivity index (χ3n) is 3.35. The van der Waals surface area contributed by atoms with Crippen LogP contribution >= 0.6 is 0 Å². The average molecular weight is 283 g/mol. The Hall–Kier alpha value is -2.33. The zero-order chi connectivity index (χ0) is 15.1. The molecule has 2 aromatic rings. The second-order valence-corrected chi connectivity index (χ2v) is 4.76. The Bertz CT molecular complexity index is 584. The summed E-state index contributed by atoms with van der Waals surface area (Å²) in [6, 6.07) is 17.5. The molecule has 2 rings (SSSR count). The fraction of sp³-hybridized carbons (Fsp3) is 0.235. The first-order chi connectivity index (χ1) is 10.2. The monoisotopic (exact) mass is 283 g/mol. The first-order valence-electron chi connectivity index (χ1n) is 7.12. The quantitative estimate of drug-likeness (QED) is 0.856. The maximum atomic E-state index is 12.2. The van der Waals surface area contributed by atoms with E-state index in [-0.39, 0.29) is 5.91 Å². The Morgan fingerprint density at radius 3 is 2.43 bits per heavy atom. The molecular weight excluding hydrogens is 262 g/mol. The van der Waals surface area contributed by atoms with Gasteiger partial charge in [-0.1, -0.05) is 36.4 Å². The molecule has 0 spiro atoms. The van der Waals surface area contributed by atoms with Crippen LogP contribution in [0.4, 0.5) is 11.4 Å². The number of hydrogen-bond donors (Lipinski definition) is 2. The second kappa shape index (κ2) is 7.45. The van der Waals surface area contributed by atoms with Crippen molar-refractivity contribution in [3.63, 3.8) is 0 Å². The molecule has 2 aromatic carbocycles. The van der Waals surface area contributed by atoms with Crippen LogP contribution in [0.25, 0.3) is 0 Å². The lowest BCUT2D eigenvalue weighted by Crippen LogP contribution is -2.33. The van der Waals surface area contributed by atoms with Crippen molar-refractivity contribution in [1.29, 1.82) is 0 Å². The van der Waals surface area contributed by atoms with Crippen LogP contribution in [0.15, 0.2) is 54.6 Å². The van der Waals surface area contributed by atoms with Crippen molar-refractivity contribution in [1.82, 2.24) is 0 Å². The largest absolute Gasteiger partial charge is 0.362 e. The van der Waals surface area contributed by atoms with Gasteiger partial charge in [0.05, 0.1) is 6.54 Å². The second-order valence-electron chi connectivity index (χ2n) is 4.76. The number of benzene rings is 2. The molecule has 3 N–H and O–H groups in total. The minimum atomic E-state index is -0.0402. The molecule has 0 aliphatic carbocycles. The first-order valence-corrected chi connectivity index (χ1v) is 7.12. The minimum absolute atomic E-state index is 0.0402. The molecule has 0 radical (unpaired) electrons. The van der Waals surface area contributed by atoms with Crippen molar-refractivity contribution >= 4 is 17.3 Å². The van der Waals surface area contributed by atoms with Gasteiger partial charge >= 0.3 is 0 Å². The van der Waals surface area contributed by atoms with Crippen LogP contribution in [0, 0.1) is 0 Å². The average Bonchev–Trinajstić information content (AvgIpc) is 2.54. The van der Waals surface area contributed by atoms with Crippen LogP contribution in [0.2, 0.25) is 0 Å². The molecule has 0 atom stereocenters. The van der Waals surface area contributed by atoms with Gasteiger partial charge in [0.1, 0.15) is 0 Å². The van der Waals surface area contributed by atoms with E-state index in [0.29, 0.717) is 13.1 Å². The van der Waals surface area contributed by atoms with Gasteiger partial charge in [-0.15, -0.1) is 0 Å². The van der Waals surface area contributed by atoms with Crippen LogP contribution in [0.1, 0.15) is 12.5 Å². The molecule has 21 heavy (non-hydrogen) atoms. The molecule has 4 nitrogen and oxygen atoms in total. The summed E-state index contributed by atoms with van der Waals surface area (Å²) >= 11 is 0. The summed E-state index contributed by atoms with van der Waals surface area (Å²) in [7, 11) is 0. The topological polar surface area (TPSA) is 58.4 Å². The van der Waals surface area contributed by atoms with E-state index in [1.165, 1.54) is 0 Å². The maximum absolute atomic E-state index is 12.2. The van der Waals surface area contributed by atoms with Gasteiger partial charge in [-0.05, 0) is 30.7 Å². The Morgan fingerprint density at radius 2 is 1.76 bits per heavy atom. The molecule has 0 aliphatic rings. The third-order valence-corrected chi connectivity index (χ3v) is 3.35. The molecule has 0 bridgehead atoms. The van der Waals surface area contributed by atoms with Gasteiger partial charge in [0.25, 0.3) is 0 Å². The van der Waals surface area contributed by atoms with E-state index in [1.54, 1.807) is 0 Å². The number of rotatable bonds is 6. The van der Waals surface area contributed by atoms with Crippen LogP contribution in [0.3, 0.4) is 0 Å². The number of carbonyl (C=O) groups excluding carboxylic acids is 1. The number of nitrogens with two attached hydrogens (primary N) is 1. The molecule has 0 unspecified atom stereocenters. The van der Waals surface area contributed by atoms with Crippen LogP contribution < -0.4 is 16.0 Å². The van der Waals surface area contributed by atoms with Crippen molar-refractivity contribution < 1.29 is 4.79 Å². The summed E-state index contributed by atoms with van der Waals surface area (Å²) in [5.41, 5.74) is 8.45. The molecule has 4 heteroatoms. The zero-order valence-electron chi connectivity index (χ0n) is 12.3. The van der Waals surface area contributed by atoms with Crippen LogP contribution in [0.5, 0.6) is 0 Å². The van der Waals surface area contributed by atoms with Gasteiger partial charge in [0.15, 0.2) is 0 Å². The molecule has 1 amide bonds. The van der Waals surface area contributed by atoms with Crippen molar-refractivity contribution in [2.24, 2.45) is 5.73 Å². The number of nitrogens with one attached hydrogen (secondary N) is 1. The van der Waals surface area contributed by atoms with Crippen molar-refractivity contribution in [3.8, 4) is 0 Å². The lowest BCUT2D eigenvalue weighted by molar-refractivity contribution is -0.115. The number of para-hydroxylation sites is 2. The summed E-state index contributed by atoms with van der Waals surface area (Å²) in [4.78, 5) is 14.3. The Labute approximate surface area is 125 Å². The highest BCUT2D eigenvalue weighted by Gasteiger charge is 2.11. The van der Waals surface area contributed by atoms with E-state index < -0.39 is 0 Å². The minimum Gasteiger partial charge on any atom is -0.362 e. The van der Waals surface area contributed by atoms with Gasteiger partial charge in [-0.3, -0.25) is 4.79 Å². The standard InChI is InChI=1S/C17H21N3O/c1-2-20(15-9-4-3-5-10-15)13-17(21)19-16-11-7-6-8-14(16)12-18/h3-11H,2,12-13,18H2,1H3,(H,19,21). The number of likely N-dealkylation sites (N-methyl/N-ethyl adjacent to an activating group) is 1. The fourth-order valence-corrected chi connectivity index (χ4v) is 2.21. The molecule has 0 heterocycles. The molecule has 110 valence electrons. The molecule has 0 aliphatic heterocycles. The van der Waals surface area contributed by atoms with E-state index in [1.807, 2.05) is 66.4 Å². The number of amides is 1. The first kappa shape index (κ1) is 15.1. The number of nitrogens with zero attached hydrogens (tertiary/aromatic N) is 1. The molecule has 0 aromatic heterocycles. The summed E-state index contributed by atoms with van der Waals surface area (Å²) in [6.07, 6.45) is 0. The van der Waals surface area contributed by atoms with Crippen molar-refractivity contribution in [3.05, 3.63) is 60.2 Å². The normalized spacial score (nSPS) is 10.2. The molecule has 0 saturated carbocycles. The van der Waals surface area contributed by atoms with E-state index in [2.05, 4.69) is 5.32 Å². The smallest absolute Gasteiger partial charge is 0.243 e. The lowest BCUT2D eigenvalue weighted by Gasteiger charge is -2.22. The van der Waals surface area contributed by atoms with Crippen LogP contribution in [-0.2, 0) is 11.3 Å². The number of carbonyl (C=O) groups is 1. The highest BCUT2D eigenvalue weighted by atomic mass is 16.2. The summed E-state index contributed by atoms with van der Waals surface area (Å²) < 4.78 is 0. The van der Waals surface area contributed by atoms with Gasteiger partial charge in [0.2, 0.25) is 5.91 Å². The third kappa shape index (κ3) is 4.07. The predicted octanol–water partition coefficient (Wildman–Crippen LogP) is 2.61. The Balaban J connectivity index is 2.03. The van der Waals surface area contributed by atoms with Crippen molar-refractivity contribution in [2.75, 3.05) is 23.3 Å². The van der Waals surface area contributed by atoms with Gasteiger partial charge in [0, 0.05) is 24.5 Å². The molecule has 0 saturated heterocycles. The van der Waals surface area contributed by atoms with Gasteiger partial charge in [-0.2, -0.15) is 0 Å². The molecule has 0 fully saturated rings. The van der Waals surface area contributed by atoms with Crippen LogP contribution in [-0.4, -0.2) is 19.0 Å².